The van der Waals surface area contributed by atoms with E-state index in [1.54, 1.807) is 6.92 Å². The third kappa shape index (κ3) is 6.78. The van der Waals surface area contributed by atoms with Crippen LogP contribution < -0.4 is 5.32 Å². The molecule has 0 heterocycles. The van der Waals surface area contributed by atoms with Crippen LogP contribution >= 0.6 is 0 Å². The molecule has 0 radical (unpaired) electrons. The lowest BCUT2D eigenvalue weighted by Gasteiger charge is -2.72. The molecule has 0 aromatic rings. The zero-order chi connectivity index (χ0) is 35.8. The first-order valence-corrected chi connectivity index (χ1v) is 20.4. The van der Waals surface area contributed by atoms with Crippen LogP contribution in [0.1, 0.15) is 170 Å². The van der Waals surface area contributed by atoms with Crippen LogP contribution in [0.15, 0.2) is 12.2 Å². The number of carboxylic acids is 1. The first-order chi connectivity index (χ1) is 23.0. The average Bonchev–Trinajstić information content (AvgIpc) is 3.43. The minimum atomic E-state index is -0.692. The van der Waals surface area contributed by atoms with Crippen molar-refractivity contribution in [3.8, 4) is 0 Å². The second-order valence-electron chi connectivity index (χ2n) is 19.0. The summed E-state index contributed by atoms with van der Waals surface area (Å²) in [5, 5.41) is 12.3. The van der Waals surface area contributed by atoms with Gasteiger partial charge in [0.1, 0.15) is 6.10 Å². The van der Waals surface area contributed by atoms with E-state index in [-0.39, 0.29) is 45.6 Å². The number of amides is 1. The van der Waals surface area contributed by atoms with Crippen molar-refractivity contribution < 1.29 is 24.2 Å². The van der Waals surface area contributed by atoms with E-state index in [0.717, 1.165) is 77.2 Å². The molecule has 0 aromatic carbocycles. The van der Waals surface area contributed by atoms with Crippen LogP contribution in [0.3, 0.4) is 0 Å². The predicted molar refractivity (Wildman–Crippen MR) is 197 cm³/mol. The van der Waals surface area contributed by atoms with Crippen molar-refractivity contribution in [3.63, 3.8) is 0 Å². The van der Waals surface area contributed by atoms with Crippen LogP contribution in [0.4, 0.5) is 0 Å². The van der Waals surface area contributed by atoms with E-state index < -0.39 is 5.97 Å². The van der Waals surface area contributed by atoms with Gasteiger partial charge in [0.25, 0.3) is 0 Å². The summed E-state index contributed by atoms with van der Waals surface area (Å²) in [7, 11) is 0. The first kappa shape index (κ1) is 38.4. The Hall–Kier alpha value is -1.85. The maximum Gasteiger partial charge on any atom is 0.303 e. The predicted octanol–water partition coefficient (Wildman–Crippen LogP) is 10.3. The number of allylic oxidation sites excluding steroid dienone is 1. The van der Waals surface area contributed by atoms with Crippen molar-refractivity contribution in [2.75, 3.05) is 6.54 Å². The van der Waals surface area contributed by atoms with E-state index in [1.807, 2.05) is 0 Å². The molecule has 278 valence electrons. The van der Waals surface area contributed by atoms with Gasteiger partial charge < -0.3 is 15.2 Å². The smallest absolute Gasteiger partial charge is 0.303 e. The summed E-state index contributed by atoms with van der Waals surface area (Å²) in [5.74, 6) is 2.03. The first-order valence-electron chi connectivity index (χ1n) is 20.4. The lowest BCUT2D eigenvalue weighted by atomic mass is 9.32. The molecule has 2 N–H and O–H groups in total. The molecule has 49 heavy (non-hydrogen) atoms. The minimum Gasteiger partial charge on any atom is -0.481 e. The topological polar surface area (TPSA) is 92.7 Å². The Kier molecular flexibility index (Phi) is 11.5. The molecule has 5 aliphatic rings. The molecule has 0 saturated heterocycles. The van der Waals surface area contributed by atoms with Crippen LogP contribution in [0.5, 0.6) is 0 Å². The van der Waals surface area contributed by atoms with Gasteiger partial charge in [-0.3, -0.25) is 14.4 Å². The maximum atomic E-state index is 14.4. The van der Waals surface area contributed by atoms with Gasteiger partial charge in [0, 0.05) is 25.3 Å². The third-order valence-electron chi connectivity index (χ3n) is 16.4. The van der Waals surface area contributed by atoms with E-state index in [1.165, 1.54) is 50.5 Å². The Bertz CT molecular complexity index is 1240. The van der Waals surface area contributed by atoms with Crippen molar-refractivity contribution in [1.29, 1.82) is 0 Å². The van der Waals surface area contributed by atoms with Crippen molar-refractivity contribution in [3.05, 3.63) is 12.2 Å². The molecule has 6 nitrogen and oxygen atoms in total. The van der Waals surface area contributed by atoms with Gasteiger partial charge in [-0.05, 0) is 130 Å². The number of carbonyl (C=O) groups excluding carboxylic acids is 2. The van der Waals surface area contributed by atoms with Crippen LogP contribution in [-0.4, -0.2) is 35.6 Å². The van der Waals surface area contributed by atoms with Gasteiger partial charge in [0.15, 0.2) is 0 Å². The number of fused-ring (bicyclic) bond motifs is 7. The quantitative estimate of drug-likeness (QED) is 0.108. The second kappa shape index (κ2) is 14.6. The molecule has 10 atom stereocenters. The highest BCUT2D eigenvalue weighted by molar-refractivity contribution is 5.84. The number of rotatable bonds is 14. The summed E-state index contributed by atoms with van der Waals surface area (Å²) in [6, 6.07) is 0. The number of ether oxygens (including phenoxy) is 1. The molecule has 5 aliphatic carbocycles. The fraction of sp³-hybridized carbons (Fsp3) is 0.884. The van der Waals surface area contributed by atoms with E-state index in [9.17, 15) is 14.4 Å². The van der Waals surface area contributed by atoms with Crippen LogP contribution in [-0.2, 0) is 19.1 Å². The van der Waals surface area contributed by atoms with Gasteiger partial charge in [0.2, 0.25) is 5.91 Å². The Labute approximate surface area is 298 Å². The highest BCUT2D eigenvalue weighted by atomic mass is 16.5. The van der Waals surface area contributed by atoms with E-state index in [0.29, 0.717) is 35.5 Å². The summed E-state index contributed by atoms with van der Waals surface area (Å²) in [6.45, 7) is 21.7. The monoisotopic (exact) mass is 682 g/mol. The summed E-state index contributed by atoms with van der Waals surface area (Å²) in [6.07, 6.45) is 20.1. The van der Waals surface area contributed by atoms with Crippen molar-refractivity contribution >= 4 is 17.8 Å². The minimum absolute atomic E-state index is 0.00448. The number of unbranched alkanes of at least 4 members (excludes halogenated alkanes) is 7. The summed E-state index contributed by atoms with van der Waals surface area (Å²) < 4.78 is 5.96. The number of carbonyl (C=O) groups is 3. The van der Waals surface area contributed by atoms with E-state index in [4.69, 9.17) is 9.84 Å². The fourth-order valence-electron chi connectivity index (χ4n) is 13.8. The molecular weight excluding hydrogens is 610 g/mol. The van der Waals surface area contributed by atoms with Gasteiger partial charge >= 0.3 is 11.9 Å². The molecule has 5 saturated carbocycles. The van der Waals surface area contributed by atoms with Gasteiger partial charge in [0.05, 0.1) is 5.41 Å². The van der Waals surface area contributed by atoms with E-state index >= 15 is 0 Å². The van der Waals surface area contributed by atoms with Crippen molar-refractivity contribution in [2.24, 2.45) is 56.7 Å². The molecule has 0 spiro atoms. The number of carboxylic acid groups (broad SMARTS) is 1. The summed E-state index contributed by atoms with van der Waals surface area (Å²) in [5.41, 5.74) is 1.64. The largest absolute Gasteiger partial charge is 0.481 e. The summed E-state index contributed by atoms with van der Waals surface area (Å²) >= 11 is 0. The Morgan fingerprint density at radius 1 is 0.735 bits per heavy atom. The molecule has 5 fully saturated rings. The number of aliphatic carboxylic acids is 1. The molecule has 1 unspecified atom stereocenters. The zero-order valence-corrected chi connectivity index (χ0v) is 32.4. The maximum absolute atomic E-state index is 14.4. The van der Waals surface area contributed by atoms with E-state index in [2.05, 4.69) is 53.4 Å². The second-order valence-corrected chi connectivity index (χ2v) is 19.0. The number of hydrogen-bond acceptors (Lipinski definition) is 4. The highest BCUT2D eigenvalue weighted by Gasteiger charge is 2.72. The SMILES string of the molecule is C=C(C)[C@@H]1CC[C@]2(C(=O)NCCCCCCCCCCC(=O)O)CC[C@]3(C)[C@H](CCC4[C@@]5(C)CC[C@@H](OC(C)=O)C(C)(C)[C@@H]5CC[C@]43C)[C@@H]12. The molecule has 5 rings (SSSR count). The molecular formula is C43H71NO5. The van der Waals surface area contributed by atoms with Crippen molar-refractivity contribution in [1.82, 2.24) is 5.32 Å². The Balaban J connectivity index is 1.25. The Morgan fingerprint density at radius 2 is 1.39 bits per heavy atom. The zero-order valence-electron chi connectivity index (χ0n) is 32.4. The molecule has 6 heteroatoms. The van der Waals surface area contributed by atoms with Gasteiger partial charge in [-0.15, -0.1) is 0 Å². The molecule has 1 amide bonds. The lowest BCUT2D eigenvalue weighted by molar-refractivity contribution is -0.248. The normalized spacial score (nSPS) is 40.6. The average molecular weight is 682 g/mol. The summed E-state index contributed by atoms with van der Waals surface area (Å²) in [4.78, 5) is 37.1. The molecule has 0 aliphatic heterocycles. The van der Waals surface area contributed by atoms with Crippen molar-refractivity contribution in [2.45, 2.75) is 177 Å². The lowest BCUT2D eigenvalue weighted by Crippen LogP contribution is -2.67. The molecule has 0 bridgehead atoms. The highest BCUT2D eigenvalue weighted by Crippen LogP contribution is 2.77. The Morgan fingerprint density at radius 3 is 2.02 bits per heavy atom. The standard InChI is InChI=1S/C43H71NO5/c1-29(2)31-20-25-43(38(48)44-28-16-14-12-10-9-11-13-15-17-36(46)47)27-26-41(7)32(37(31)43)18-19-34-40(6)23-22-35(49-30(3)45)39(4,5)33(40)21-24-42(34,41)8/h31-35,37H,1,9-28H2,2-8H3,(H,44,48)(H,46,47)/t31-,32+,33-,34?,35+,37+,40-,41+,42+,43-/m0/s1. The van der Waals surface area contributed by atoms with Gasteiger partial charge in [-0.25, -0.2) is 0 Å². The van der Waals surface area contributed by atoms with Crippen LogP contribution in [0.2, 0.25) is 0 Å². The van der Waals surface area contributed by atoms with Crippen LogP contribution in [0, 0.1) is 56.7 Å². The van der Waals surface area contributed by atoms with Gasteiger partial charge in [-0.1, -0.05) is 85.3 Å². The number of nitrogens with one attached hydrogen (secondary N) is 1. The molecule has 0 aromatic heterocycles. The number of hydrogen-bond donors (Lipinski definition) is 2. The van der Waals surface area contributed by atoms with Crippen LogP contribution in [0.25, 0.3) is 0 Å². The van der Waals surface area contributed by atoms with Gasteiger partial charge in [-0.2, -0.15) is 0 Å². The fourth-order valence-corrected chi connectivity index (χ4v) is 13.8. The third-order valence-corrected chi connectivity index (χ3v) is 16.4. The number of esters is 1.